The van der Waals surface area contributed by atoms with Gasteiger partial charge in [0.15, 0.2) is 0 Å². The van der Waals surface area contributed by atoms with Gasteiger partial charge in [0.25, 0.3) is 0 Å². The molecule has 0 saturated carbocycles. The number of ether oxygens (including phenoxy) is 1. The number of phenolic OH excluding ortho intramolecular Hbond substituents is 1. The number of rotatable bonds is 9. The van der Waals surface area contributed by atoms with Crippen molar-refractivity contribution < 1.29 is 23.0 Å². The number of fused-ring (bicyclic) bond motifs is 1. The van der Waals surface area contributed by atoms with Crippen molar-refractivity contribution in [2.45, 2.75) is 51.1 Å². The Morgan fingerprint density at radius 1 is 1.05 bits per heavy atom. The van der Waals surface area contributed by atoms with Crippen molar-refractivity contribution in [3.05, 3.63) is 89.5 Å². The van der Waals surface area contributed by atoms with E-state index in [1.807, 2.05) is 25.1 Å². The van der Waals surface area contributed by atoms with Gasteiger partial charge in [-0.25, -0.2) is 0 Å². The van der Waals surface area contributed by atoms with E-state index in [0.29, 0.717) is 31.2 Å². The molecule has 4 nitrogen and oxygen atoms in total. The van der Waals surface area contributed by atoms with Crippen LogP contribution in [0.3, 0.4) is 0 Å². The number of likely N-dealkylation sites (tertiary alicyclic amines) is 1. The van der Waals surface area contributed by atoms with E-state index in [1.54, 1.807) is 12.1 Å². The van der Waals surface area contributed by atoms with Crippen LogP contribution in [0.15, 0.2) is 61.7 Å². The zero-order valence-corrected chi connectivity index (χ0v) is 21.5. The maximum atomic E-state index is 12.9. The lowest BCUT2D eigenvalue weighted by Gasteiger charge is -2.41. The Morgan fingerprint density at radius 3 is 2.30 bits per heavy atom. The van der Waals surface area contributed by atoms with Crippen LogP contribution in [0.5, 0.6) is 5.75 Å². The second-order valence-corrected chi connectivity index (χ2v) is 10.3. The van der Waals surface area contributed by atoms with E-state index >= 15 is 0 Å². The molecule has 0 aliphatic carbocycles. The second-order valence-electron chi connectivity index (χ2n) is 10.3. The quantitative estimate of drug-likeness (QED) is 0.399. The van der Waals surface area contributed by atoms with Gasteiger partial charge in [-0.15, -0.1) is 13.2 Å². The normalized spacial score (nSPS) is 21.1. The van der Waals surface area contributed by atoms with Crippen molar-refractivity contribution in [2.24, 2.45) is 5.92 Å². The first kappa shape index (κ1) is 27.4. The summed E-state index contributed by atoms with van der Waals surface area (Å²) in [4.78, 5) is 4.53. The summed E-state index contributed by atoms with van der Waals surface area (Å²) in [7, 11) is 0. The van der Waals surface area contributed by atoms with Crippen molar-refractivity contribution in [3.63, 3.8) is 0 Å². The summed E-state index contributed by atoms with van der Waals surface area (Å²) in [5.41, 5.74) is 3.19. The fraction of sp³-hybridized carbons (Fsp3) is 0.467. The van der Waals surface area contributed by atoms with E-state index in [1.165, 1.54) is 0 Å². The zero-order chi connectivity index (χ0) is 26.6. The average molecular weight is 515 g/mol. The summed E-state index contributed by atoms with van der Waals surface area (Å²) < 4.78 is 45.3. The van der Waals surface area contributed by atoms with E-state index in [2.05, 4.69) is 29.0 Å². The summed E-state index contributed by atoms with van der Waals surface area (Å²) in [5, 5.41) is 10.9. The van der Waals surface area contributed by atoms with E-state index in [-0.39, 0.29) is 12.2 Å². The maximum Gasteiger partial charge on any atom is 0.416 e. The molecule has 37 heavy (non-hydrogen) atoms. The second kappa shape index (κ2) is 11.8. The largest absolute Gasteiger partial charge is 0.507 e. The van der Waals surface area contributed by atoms with E-state index in [0.717, 1.165) is 73.4 Å². The van der Waals surface area contributed by atoms with Gasteiger partial charge in [-0.05, 0) is 67.6 Å². The molecule has 7 heteroatoms. The first-order chi connectivity index (χ1) is 17.7. The molecule has 1 N–H and O–H groups in total. The first-order valence-corrected chi connectivity index (χ1v) is 13.0. The average Bonchev–Trinajstić information content (AvgIpc) is 2.87. The number of alkyl halides is 3. The van der Waals surface area contributed by atoms with Crippen LogP contribution in [0.25, 0.3) is 0 Å². The van der Waals surface area contributed by atoms with Gasteiger partial charge in [-0.3, -0.25) is 9.80 Å². The monoisotopic (exact) mass is 514 g/mol. The van der Waals surface area contributed by atoms with E-state index in [9.17, 15) is 18.3 Å². The minimum Gasteiger partial charge on any atom is -0.507 e. The standard InChI is InChI=1S/C30H37F3N2O2/c1-4-14-34(15-5-2)20-28-25-11-6-21(3)29(36)26(25)18-27(37-28)23-12-16-35(17-13-23)19-22-7-9-24(10-8-22)30(31,32)33/h4-11,23,27-28,36H,1-2,12-20H2,3H3/t27-,28-/m0/s1. The summed E-state index contributed by atoms with van der Waals surface area (Å²) >= 11 is 0. The topological polar surface area (TPSA) is 35.9 Å². The van der Waals surface area contributed by atoms with Gasteiger partial charge in [-0.2, -0.15) is 13.2 Å². The van der Waals surface area contributed by atoms with Gasteiger partial charge in [0.1, 0.15) is 5.75 Å². The van der Waals surface area contributed by atoms with E-state index < -0.39 is 11.7 Å². The number of phenols is 1. The molecule has 0 unspecified atom stereocenters. The van der Waals surface area contributed by atoms with Crippen LogP contribution >= 0.6 is 0 Å². The third kappa shape index (κ3) is 6.64. The fourth-order valence-corrected chi connectivity index (χ4v) is 5.60. The molecule has 2 heterocycles. The van der Waals surface area contributed by atoms with E-state index in [4.69, 9.17) is 4.74 Å². The highest BCUT2D eigenvalue weighted by Crippen LogP contribution is 2.41. The lowest BCUT2D eigenvalue weighted by molar-refractivity contribution is -0.137. The van der Waals surface area contributed by atoms with Gasteiger partial charge in [-0.1, -0.05) is 36.4 Å². The molecule has 1 fully saturated rings. The molecule has 2 aromatic rings. The number of aryl methyl sites for hydroxylation is 1. The first-order valence-electron chi connectivity index (χ1n) is 13.0. The van der Waals surface area contributed by atoms with Gasteiger partial charge < -0.3 is 9.84 Å². The number of hydrogen-bond acceptors (Lipinski definition) is 4. The Balaban J connectivity index is 1.42. The van der Waals surface area contributed by atoms with Crippen LogP contribution in [-0.2, 0) is 23.9 Å². The predicted octanol–water partition coefficient (Wildman–Crippen LogP) is 6.29. The minimum atomic E-state index is -4.31. The molecule has 2 aliphatic rings. The van der Waals surface area contributed by atoms with Crippen LogP contribution < -0.4 is 0 Å². The molecule has 2 aromatic carbocycles. The minimum absolute atomic E-state index is 0.00716. The number of benzene rings is 2. The molecule has 0 bridgehead atoms. The highest BCUT2D eigenvalue weighted by molar-refractivity contribution is 5.47. The molecule has 2 aliphatic heterocycles. The van der Waals surface area contributed by atoms with Crippen LogP contribution in [-0.4, -0.2) is 53.7 Å². The van der Waals surface area contributed by atoms with Crippen LogP contribution in [0.2, 0.25) is 0 Å². The maximum absolute atomic E-state index is 12.9. The van der Waals surface area contributed by atoms with Gasteiger partial charge in [0.05, 0.1) is 17.8 Å². The van der Waals surface area contributed by atoms with Crippen molar-refractivity contribution >= 4 is 0 Å². The smallest absolute Gasteiger partial charge is 0.416 e. The fourth-order valence-electron chi connectivity index (χ4n) is 5.60. The Hall–Kier alpha value is -2.61. The van der Waals surface area contributed by atoms with Gasteiger partial charge in [0.2, 0.25) is 0 Å². The lowest BCUT2D eigenvalue weighted by Crippen LogP contribution is -2.42. The SMILES string of the molecule is C=CCN(CC=C)C[C@@H]1O[C@H](C2CCN(Cc3ccc(C(F)(F)F)cc3)CC2)Cc2c1ccc(C)c2O. The molecule has 4 rings (SSSR count). The summed E-state index contributed by atoms with van der Waals surface area (Å²) in [5.74, 6) is 0.723. The molecule has 200 valence electrons. The third-order valence-corrected chi connectivity index (χ3v) is 7.66. The number of nitrogens with zero attached hydrogens (tertiary/aromatic N) is 2. The van der Waals surface area contributed by atoms with Crippen LogP contribution in [0, 0.1) is 12.8 Å². The Kier molecular flexibility index (Phi) is 8.78. The molecule has 2 atom stereocenters. The summed E-state index contributed by atoms with van der Waals surface area (Å²) in [6.45, 7) is 14.2. The number of halogens is 3. The molecule has 0 amide bonds. The van der Waals surface area contributed by atoms with Crippen LogP contribution in [0.4, 0.5) is 13.2 Å². The number of aromatic hydroxyl groups is 1. The predicted molar refractivity (Wildman–Crippen MR) is 140 cm³/mol. The highest BCUT2D eigenvalue weighted by atomic mass is 19.4. The van der Waals surface area contributed by atoms with Crippen molar-refractivity contribution in [1.29, 1.82) is 0 Å². The van der Waals surface area contributed by atoms with Crippen LogP contribution in [0.1, 0.15) is 46.8 Å². The Bertz CT molecular complexity index is 1070. The van der Waals surface area contributed by atoms with Crippen molar-refractivity contribution in [3.8, 4) is 5.75 Å². The zero-order valence-electron chi connectivity index (χ0n) is 21.5. The molecule has 0 radical (unpaired) electrons. The molecular weight excluding hydrogens is 477 g/mol. The van der Waals surface area contributed by atoms with Crippen molar-refractivity contribution in [2.75, 3.05) is 32.7 Å². The number of hydrogen-bond donors (Lipinski definition) is 1. The Morgan fingerprint density at radius 2 is 1.70 bits per heavy atom. The molecule has 1 saturated heterocycles. The van der Waals surface area contributed by atoms with Crippen molar-refractivity contribution in [1.82, 2.24) is 9.80 Å². The van der Waals surface area contributed by atoms with Gasteiger partial charge >= 0.3 is 6.18 Å². The Labute approximate surface area is 218 Å². The lowest BCUT2D eigenvalue weighted by atomic mass is 9.82. The third-order valence-electron chi connectivity index (χ3n) is 7.66. The molecule has 0 spiro atoms. The summed E-state index contributed by atoms with van der Waals surface area (Å²) in [6.07, 6.45) is 1.89. The van der Waals surface area contributed by atoms with Gasteiger partial charge in [0, 0.05) is 38.2 Å². The number of piperidine rings is 1. The molecular formula is C30H37F3N2O2. The highest BCUT2D eigenvalue weighted by Gasteiger charge is 2.36. The molecule has 0 aromatic heterocycles. The summed E-state index contributed by atoms with van der Waals surface area (Å²) in [6, 6.07) is 9.50.